The van der Waals surface area contributed by atoms with Crippen molar-refractivity contribution in [1.29, 1.82) is 0 Å². The summed E-state index contributed by atoms with van der Waals surface area (Å²) in [6, 6.07) is 10.0. The van der Waals surface area contributed by atoms with Crippen LogP contribution < -0.4 is 16.0 Å². The molecule has 0 radical (unpaired) electrons. The monoisotopic (exact) mass is 647 g/mol. The van der Waals surface area contributed by atoms with Crippen LogP contribution in [0.4, 0.5) is 16.2 Å². The molecule has 0 spiro atoms. The second-order valence-corrected chi connectivity index (χ2v) is 12.9. The molecule has 3 aromatic rings. The molecule has 14 heteroatoms. The van der Waals surface area contributed by atoms with Crippen LogP contribution in [0, 0.1) is 0 Å². The van der Waals surface area contributed by atoms with Gasteiger partial charge in [-0.1, -0.05) is 66.7 Å². The number of nitrogens with one attached hydrogen (secondary N) is 3. The lowest BCUT2D eigenvalue weighted by Crippen LogP contribution is -2.44. The molecule has 0 aliphatic heterocycles. The van der Waals surface area contributed by atoms with Crippen molar-refractivity contribution < 1.29 is 27.9 Å². The molecule has 1 fully saturated rings. The van der Waals surface area contributed by atoms with E-state index in [1.807, 2.05) is 0 Å². The Bertz CT molecular complexity index is 1580. The Hall–Kier alpha value is -3.71. The van der Waals surface area contributed by atoms with Gasteiger partial charge in [-0.05, 0) is 42.7 Å². The molecule has 1 aromatic heterocycles. The van der Waals surface area contributed by atoms with E-state index in [1.54, 1.807) is 43.4 Å². The molecule has 1 atom stereocenters. The number of anilines is 2. The summed E-state index contributed by atoms with van der Waals surface area (Å²) >= 11 is 12.1. The summed E-state index contributed by atoms with van der Waals surface area (Å²) < 4.78 is 28.2. The predicted octanol–water partition coefficient (Wildman–Crippen LogP) is 5.41. The number of aromatic nitrogens is 1. The number of hydrogen-bond donors (Lipinski definition) is 4. The first-order chi connectivity index (χ1) is 20.5. The Balaban J connectivity index is 1.41. The van der Waals surface area contributed by atoms with Gasteiger partial charge in [-0.3, -0.25) is 9.78 Å². The molecule has 1 heterocycles. The molecule has 4 rings (SSSR count). The van der Waals surface area contributed by atoms with Gasteiger partial charge in [0.25, 0.3) is 5.91 Å². The molecular weight excluding hydrogens is 617 g/mol. The number of urea groups is 1. The van der Waals surface area contributed by atoms with E-state index >= 15 is 0 Å². The van der Waals surface area contributed by atoms with Crippen LogP contribution in [0.5, 0.6) is 0 Å². The summed E-state index contributed by atoms with van der Waals surface area (Å²) in [5, 5.41) is 17.5. The first kappa shape index (κ1) is 32.2. The third-order valence-electron chi connectivity index (χ3n) is 7.22. The zero-order chi connectivity index (χ0) is 31.1. The lowest BCUT2D eigenvalue weighted by atomic mass is 9.96. The van der Waals surface area contributed by atoms with Crippen LogP contribution in [-0.2, 0) is 21.2 Å². The number of amides is 3. The Morgan fingerprint density at radius 2 is 1.60 bits per heavy atom. The molecular formula is C29H31Cl2N5O6S. The van der Waals surface area contributed by atoms with Crippen LogP contribution in [-0.4, -0.2) is 59.9 Å². The molecule has 3 amide bonds. The number of para-hydroxylation sites is 1. The maximum absolute atomic E-state index is 13.4. The lowest BCUT2D eigenvalue weighted by molar-refractivity contribution is -0.139. The minimum absolute atomic E-state index is 0.0429. The van der Waals surface area contributed by atoms with Gasteiger partial charge >= 0.3 is 12.0 Å². The van der Waals surface area contributed by atoms with Gasteiger partial charge in [0.1, 0.15) is 10.9 Å². The van der Waals surface area contributed by atoms with Gasteiger partial charge in [-0.2, -0.15) is 4.31 Å². The highest BCUT2D eigenvalue weighted by molar-refractivity contribution is 7.89. The van der Waals surface area contributed by atoms with E-state index in [0.29, 0.717) is 11.3 Å². The molecule has 228 valence electrons. The van der Waals surface area contributed by atoms with E-state index in [9.17, 15) is 27.9 Å². The van der Waals surface area contributed by atoms with Crippen LogP contribution in [0.2, 0.25) is 10.0 Å². The first-order valence-electron chi connectivity index (χ1n) is 13.5. The van der Waals surface area contributed by atoms with E-state index in [-0.39, 0.29) is 38.7 Å². The summed E-state index contributed by atoms with van der Waals surface area (Å²) in [5.41, 5.74) is 1.08. The molecule has 1 aliphatic carbocycles. The third kappa shape index (κ3) is 8.02. The van der Waals surface area contributed by atoms with Gasteiger partial charge in [0, 0.05) is 37.6 Å². The summed E-state index contributed by atoms with van der Waals surface area (Å²) in [7, 11) is -2.37. The molecule has 1 saturated carbocycles. The summed E-state index contributed by atoms with van der Waals surface area (Å²) in [6.07, 6.45) is 7.04. The number of carboxylic acid groups (broad SMARTS) is 1. The van der Waals surface area contributed by atoms with Gasteiger partial charge in [-0.25, -0.2) is 18.0 Å². The van der Waals surface area contributed by atoms with Crippen molar-refractivity contribution in [2.75, 3.05) is 17.7 Å². The van der Waals surface area contributed by atoms with Crippen molar-refractivity contribution >= 4 is 62.5 Å². The highest BCUT2D eigenvalue weighted by Crippen LogP contribution is 2.30. The number of carbonyl (C=O) groups is 3. The Morgan fingerprint density at radius 1 is 0.977 bits per heavy atom. The second-order valence-electron chi connectivity index (χ2n) is 10.1. The number of benzene rings is 2. The molecule has 0 bridgehead atoms. The Labute approximate surface area is 259 Å². The van der Waals surface area contributed by atoms with Crippen molar-refractivity contribution in [3.63, 3.8) is 0 Å². The molecule has 4 N–H and O–H groups in total. The summed E-state index contributed by atoms with van der Waals surface area (Å²) in [5.74, 6) is -1.83. The zero-order valence-corrected chi connectivity index (χ0v) is 25.5. The standard InChI is InChI=1S/C29H31Cl2N5O6S/c1-36(20-7-3-2-4-8-20)43(41,42)25-10-6-5-9-23(25)34-29(40)35-24(28(38)39)15-18-11-13-19(14-12-18)33-27(37)26-21(30)16-32-17-22(26)31/h5-6,9-14,16-17,20,24H,2-4,7-8,15H2,1H3,(H,33,37)(H,38,39)(H2,34,35,40)/t24-/m0/s1. The maximum atomic E-state index is 13.4. The van der Waals surface area contributed by atoms with Gasteiger partial charge in [0.2, 0.25) is 10.0 Å². The number of pyridine rings is 1. The number of nitrogens with zero attached hydrogens (tertiary/aromatic N) is 2. The van der Waals surface area contributed by atoms with Crippen LogP contribution >= 0.6 is 23.2 Å². The first-order valence-corrected chi connectivity index (χ1v) is 15.7. The maximum Gasteiger partial charge on any atom is 0.326 e. The minimum atomic E-state index is -3.92. The molecule has 1 aliphatic rings. The van der Waals surface area contributed by atoms with Crippen LogP contribution in [0.1, 0.15) is 48.0 Å². The Kier molecular flexibility index (Phi) is 10.6. The lowest BCUT2D eigenvalue weighted by Gasteiger charge is -2.31. The van der Waals surface area contributed by atoms with Crippen molar-refractivity contribution in [3.05, 3.63) is 82.1 Å². The molecule has 2 aromatic carbocycles. The van der Waals surface area contributed by atoms with E-state index in [2.05, 4.69) is 20.9 Å². The fourth-order valence-corrected chi connectivity index (χ4v) is 6.99. The largest absolute Gasteiger partial charge is 0.480 e. The molecule has 0 saturated heterocycles. The van der Waals surface area contributed by atoms with Gasteiger partial charge in [0.05, 0.1) is 21.3 Å². The predicted molar refractivity (Wildman–Crippen MR) is 164 cm³/mol. The van der Waals surface area contributed by atoms with Crippen LogP contribution in [0.3, 0.4) is 0 Å². The summed E-state index contributed by atoms with van der Waals surface area (Å²) in [4.78, 5) is 41.2. The average molecular weight is 649 g/mol. The van der Waals surface area contributed by atoms with E-state index in [4.69, 9.17) is 23.2 Å². The van der Waals surface area contributed by atoms with E-state index in [0.717, 1.165) is 32.1 Å². The zero-order valence-electron chi connectivity index (χ0n) is 23.2. The fourth-order valence-electron chi connectivity index (χ4n) is 4.89. The number of carbonyl (C=O) groups excluding carboxylic acids is 2. The number of rotatable bonds is 10. The number of hydrogen-bond acceptors (Lipinski definition) is 6. The number of carboxylic acids is 1. The topological polar surface area (TPSA) is 158 Å². The molecule has 43 heavy (non-hydrogen) atoms. The number of halogens is 2. The SMILES string of the molecule is CN(C1CCCCC1)S(=O)(=O)c1ccccc1NC(=O)N[C@@H](Cc1ccc(NC(=O)c2c(Cl)cncc2Cl)cc1)C(=O)O. The van der Waals surface area contributed by atoms with Crippen molar-refractivity contribution in [2.45, 2.75) is 55.5 Å². The Morgan fingerprint density at radius 3 is 2.23 bits per heavy atom. The number of sulfonamides is 1. The van der Waals surface area contributed by atoms with Gasteiger partial charge < -0.3 is 21.1 Å². The smallest absolute Gasteiger partial charge is 0.326 e. The average Bonchev–Trinajstić information content (AvgIpc) is 2.98. The van der Waals surface area contributed by atoms with Crippen molar-refractivity contribution in [3.8, 4) is 0 Å². The fraction of sp³-hybridized carbons (Fsp3) is 0.310. The molecule has 0 unspecified atom stereocenters. The highest BCUT2D eigenvalue weighted by atomic mass is 35.5. The van der Waals surface area contributed by atoms with Gasteiger partial charge in [0.15, 0.2) is 0 Å². The van der Waals surface area contributed by atoms with E-state index in [1.165, 1.54) is 28.8 Å². The van der Waals surface area contributed by atoms with Crippen molar-refractivity contribution in [1.82, 2.24) is 14.6 Å². The highest BCUT2D eigenvalue weighted by Gasteiger charge is 2.31. The normalized spacial score (nSPS) is 14.6. The third-order valence-corrected chi connectivity index (χ3v) is 9.76. The molecule has 11 nitrogen and oxygen atoms in total. The van der Waals surface area contributed by atoms with Crippen molar-refractivity contribution in [2.24, 2.45) is 0 Å². The quantitative estimate of drug-likeness (QED) is 0.229. The number of aliphatic carboxylic acids is 1. The van der Waals surface area contributed by atoms with Crippen LogP contribution in [0.25, 0.3) is 0 Å². The minimum Gasteiger partial charge on any atom is -0.480 e. The second kappa shape index (κ2) is 14.2. The van der Waals surface area contributed by atoms with Crippen LogP contribution in [0.15, 0.2) is 65.8 Å². The van der Waals surface area contributed by atoms with Gasteiger partial charge in [-0.15, -0.1) is 0 Å². The summed E-state index contributed by atoms with van der Waals surface area (Å²) in [6.45, 7) is 0. The van der Waals surface area contributed by atoms with E-state index < -0.39 is 34.0 Å².